The van der Waals surface area contributed by atoms with Crippen molar-refractivity contribution in [3.05, 3.63) is 155 Å². The van der Waals surface area contributed by atoms with E-state index in [0.717, 1.165) is 10.5 Å². The molecule has 12 nitrogen and oxygen atoms in total. The quantitative estimate of drug-likeness (QED) is 0.131. The molecular formula is C42H36N2O10. The number of likely N-dealkylation sites (N-methyl/N-ethyl adjacent to an activating group) is 1. The zero-order chi connectivity index (χ0) is 37.9. The first kappa shape index (κ1) is 36.0. The van der Waals surface area contributed by atoms with Gasteiger partial charge in [0.2, 0.25) is 5.91 Å². The van der Waals surface area contributed by atoms with E-state index in [4.69, 9.17) is 18.9 Å². The lowest BCUT2D eigenvalue weighted by Crippen LogP contribution is -2.52. The van der Waals surface area contributed by atoms with Gasteiger partial charge in [0.1, 0.15) is 18.8 Å². The summed E-state index contributed by atoms with van der Waals surface area (Å²) >= 11 is 0. The zero-order valence-electron chi connectivity index (χ0n) is 29.4. The molecule has 3 amide bonds. The van der Waals surface area contributed by atoms with Crippen molar-refractivity contribution in [1.29, 1.82) is 0 Å². The molecule has 7 rings (SSSR count). The first-order valence-corrected chi connectivity index (χ1v) is 17.4. The van der Waals surface area contributed by atoms with Gasteiger partial charge < -0.3 is 23.8 Å². The van der Waals surface area contributed by atoms with Crippen molar-refractivity contribution in [1.82, 2.24) is 9.80 Å². The normalized spacial score (nSPS) is 23.6. The molecule has 4 aromatic carbocycles. The van der Waals surface area contributed by atoms with Crippen LogP contribution in [0.15, 0.2) is 132 Å². The maximum absolute atomic E-state index is 14.4. The molecule has 3 aliphatic rings. The minimum absolute atomic E-state index is 0.0904. The molecule has 3 aliphatic heterocycles. The highest BCUT2D eigenvalue weighted by atomic mass is 16.7. The number of ether oxygens (including phenoxy) is 4. The molecule has 3 heterocycles. The molecule has 6 atom stereocenters. The Morgan fingerprint density at radius 2 is 1.11 bits per heavy atom. The van der Waals surface area contributed by atoms with Gasteiger partial charge in [0.05, 0.1) is 28.7 Å². The van der Waals surface area contributed by atoms with Gasteiger partial charge in [0, 0.05) is 24.7 Å². The lowest BCUT2D eigenvalue weighted by molar-refractivity contribution is -0.150. The Morgan fingerprint density at radius 1 is 0.630 bits per heavy atom. The number of rotatable bonds is 10. The van der Waals surface area contributed by atoms with Crippen molar-refractivity contribution in [2.24, 2.45) is 5.92 Å². The second-order valence-corrected chi connectivity index (χ2v) is 13.2. The third kappa shape index (κ3) is 6.91. The summed E-state index contributed by atoms with van der Waals surface area (Å²) in [4.78, 5) is 85.3. The maximum atomic E-state index is 14.4. The second kappa shape index (κ2) is 15.3. The van der Waals surface area contributed by atoms with Crippen LogP contribution < -0.4 is 0 Å². The fourth-order valence-corrected chi connectivity index (χ4v) is 7.11. The van der Waals surface area contributed by atoms with E-state index in [0.29, 0.717) is 0 Å². The van der Waals surface area contributed by atoms with Gasteiger partial charge in [-0.1, -0.05) is 84.9 Å². The summed E-state index contributed by atoms with van der Waals surface area (Å²) in [5.41, 5.74) is 1.41. The third-order valence-corrected chi connectivity index (χ3v) is 9.87. The molecule has 0 radical (unpaired) electrons. The monoisotopic (exact) mass is 728 g/mol. The average molecular weight is 729 g/mol. The number of imide groups is 1. The number of carbonyl (C=O) groups excluding carboxylic acids is 6. The van der Waals surface area contributed by atoms with E-state index in [1.165, 1.54) is 36.2 Å². The fraction of sp³-hybridized carbons (Fsp3) is 0.238. The van der Waals surface area contributed by atoms with Gasteiger partial charge in [-0.2, -0.15) is 0 Å². The van der Waals surface area contributed by atoms with Gasteiger partial charge >= 0.3 is 17.9 Å². The van der Waals surface area contributed by atoms with Crippen LogP contribution in [0.25, 0.3) is 0 Å². The Labute approximate surface area is 310 Å². The Kier molecular flexibility index (Phi) is 10.2. The molecule has 0 N–H and O–H groups in total. The van der Waals surface area contributed by atoms with E-state index in [2.05, 4.69) is 0 Å². The number of esters is 3. The molecule has 1 fully saturated rings. The molecular weight excluding hydrogens is 692 g/mol. The van der Waals surface area contributed by atoms with Crippen LogP contribution in [-0.2, 0) is 39.9 Å². The molecule has 4 aromatic rings. The third-order valence-electron chi connectivity index (χ3n) is 9.87. The number of carbonyl (C=O) groups is 6. The van der Waals surface area contributed by atoms with E-state index in [1.807, 2.05) is 30.3 Å². The second-order valence-electron chi connectivity index (χ2n) is 13.2. The van der Waals surface area contributed by atoms with Crippen LogP contribution in [0.3, 0.4) is 0 Å². The van der Waals surface area contributed by atoms with Crippen LogP contribution >= 0.6 is 0 Å². The fourth-order valence-electron chi connectivity index (χ4n) is 7.11. The number of amides is 3. The summed E-state index contributed by atoms with van der Waals surface area (Å²) in [7, 11) is 1.31. The smallest absolute Gasteiger partial charge is 0.338 e. The van der Waals surface area contributed by atoms with Crippen molar-refractivity contribution in [3.8, 4) is 0 Å². The molecule has 0 unspecified atom stereocenters. The van der Waals surface area contributed by atoms with Crippen LogP contribution in [-0.4, -0.2) is 89.5 Å². The predicted octanol–water partition coefficient (Wildman–Crippen LogP) is 4.40. The molecule has 1 saturated heterocycles. The number of hydrogen-bond donors (Lipinski definition) is 0. The Bertz CT molecular complexity index is 2110. The van der Waals surface area contributed by atoms with Crippen LogP contribution in [0.4, 0.5) is 0 Å². The van der Waals surface area contributed by atoms with E-state index in [-0.39, 0.29) is 34.4 Å². The molecule has 12 heteroatoms. The first-order chi connectivity index (χ1) is 26.1. The van der Waals surface area contributed by atoms with Gasteiger partial charge in [0.25, 0.3) is 11.8 Å². The molecule has 274 valence electrons. The largest absolute Gasteiger partial charge is 0.459 e. The summed E-state index contributed by atoms with van der Waals surface area (Å²) in [6.07, 6.45) is -5.69. The number of nitrogens with zero attached hydrogens (tertiary/aromatic N) is 2. The van der Waals surface area contributed by atoms with Crippen LogP contribution in [0.2, 0.25) is 0 Å². The van der Waals surface area contributed by atoms with Gasteiger partial charge in [-0.25, -0.2) is 14.4 Å². The van der Waals surface area contributed by atoms with Crippen LogP contribution in [0.1, 0.15) is 43.6 Å². The van der Waals surface area contributed by atoms with E-state index >= 15 is 0 Å². The van der Waals surface area contributed by atoms with Crippen LogP contribution in [0.5, 0.6) is 0 Å². The predicted molar refractivity (Wildman–Crippen MR) is 191 cm³/mol. The van der Waals surface area contributed by atoms with Crippen molar-refractivity contribution in [2.75, 3.05) is 13.7 Å². The molecule has 0 saturated carbocycles. The Balaban J connectivity index is 1.30. The molecule has 0 bridgehead atoms. The molecule has 0 spiro atoms. The number of hydrogen-bond acceptors (Lipinski definition) is 10. The summed E-state index contributed by atoms with van der Waals surface area (Å²) in [6.45, 7) is 1.38. The topological polar surface area (TPSA) is 146 Å². The lowest BCUT2D eigenvalue weighted by Gasteiger charge is -2.34. The summed E-state index contributed by atoms with van der Waals surface area (Å²) in [6, 6.07) is 32.8. The Morgan fingerprint density at radius 3 is 1.65 bits per heavy atom. The lowest BCUT2D eigenvalue weighted by atomic mass is 9.82. The maximum Gasteiger partial charge on any atom is 0.338 e. The molecule has 0 aliphatic carbocycles. The highest BCUT2D eigenvalue weighted by molar-refractivity contribution is 6.19. The standard InChI is InChI=1S/C42H36N2O10/c1-25-31-32(39(47)44(25)23-26-15-7-3-8-16-26)33(38(46)43(2)37(31)45)35-36(54-42(50)29-21-13-6-14-22-29)34(53-41(49)28-19-11-5-12-20-28)30(52-35)24-51-40(48)27-17-9-4-10-18-27/h3-22,25,30,33-36H,23-24H2,1-2H3/t25-,30+,33+,34-,35-,36-/m1/s1. The van der Waals surface area contributed by atoms with Crippen molar-refractivity contribution in [2.45, 2.75) is 43.9 Å². The number of benzene rings is 4. The van der Waals surface area contributed by atoms with Crippen molar-refractivity contribution < 1.29 is 47.7 Å². The highest BCUT2D eigenvalue weighted by Gasteiger charge is 2.60. The minimum Gasteiger partial charge on any atom is -0.459 e. The van der Waals surface area contributed by atoms with Crippen LogP contribution in [0, 0.1) is 5.92 Å². The summed E-state index contributed by atoms with van der Waals surface area (Å²) in [5.74, 6) is -5.77. The van der Waals surface area contributed by atoms with E-state index in [9.17, 15) is 28.8 Å². The van der Waals surface area contributed by atoms with E-state index < -0.39 is 78.6 Å². The molecule has 54 heavy (non-hydrogen) atoms. The Hall–Kier alpha value is -6.40. The highest BCUT2D eigenvalue weighted by Crippen LogP contribution is 2.44. The first-order valence-electron chi connectivity index (χ1n) is 17.4. The van der Waals surface area contributed by atoms with Gasteiger partial charge in [0.15, 0.2) is 12.2 Å². The average Bonchev–Trinajstić information content (AvgIpc) is 3.65. The molecule has 0 aromatic heterocycles. The van der Waals surface area contributed by atoms with Crippen molar-refractivity contribution in [3.63, 3.8) is 0 Å². The van der Waals surface area contributed by atoms with Gasteiger partial charge in [-0.3, -0.25) is 19.3 Å². The summed E-state index contributed by atoms with van der Waals surface area (Å²) in [5, 5.41) is 0. The van der Waals surface area contributed by atoms with Crippen molar-refractivity contribution >= 4 is 35.6 Å². The SMILES string of the molecule is C[C@@H]1C2=C(C(=O)N1Cc1ccccc1)[C@@H]([C@H]1O[C@@H](COC(=O)c3ccccc3)[C@@H](OC(=O)c3ccccc3)[C@H]1OC(=O)c1ccccc1)C(=O)N(C)C2=O. The summed E-state index contributed by atoms with van der Waals surface area (Å²) < 4.78 is 24.3. The minimum atomic E-state index is -1.51. The zero-order valence-corrected chi connectivity index (χ0v) is 29.4. The van der Waals surface area contributed by atoms with Gasteiger partial charge in [-0.05, 0) is 48.9 Å². The van der Waals surface area contributed by atoms with E-state index in [1.54, 1.807) is 73.7 Å². The van der Waals surface area contributed by atoms with Gasteiger partial charge in [-0.15, -0.1) is 0 Å².